The lowest BCUT2D eigenvalue weighted by atomic mass is 10.0. The second kappa shape index (κ2) is 10.3. The smallest absolute Gasteiger partial charge is 0.328 e. The average molecular weight is 419 g/mol. The lowest BCUT2D eigenvalue weighted by molar-refractivity contribution is -0.145. The molecule has 1 aromatic heterocycles. The van der Waals surface area contributed by atoms with Crippen LogP contribution in [0.25, 0.3) is 10.9 Å². The van der Waals surface area contributed by atoms with Gasteiger partial charge in [0.2, 0.25) is 11.8 Å². The van der Waals surface area contributed by atoms with Gasteiger partial charge in [-0.15, -0.1) is 0 Å². The molecule has 160 valence electrons. The summed E-state index contributed by atoms with van der Waals surface area (Å²) < 4.78 is 4.88. The van der Waals surface area contributed by atoms with Crippen molar-refractivity contribution in [1.82, 2.24) is 15.6 Å². The molecule has 2 N–H and O–H groups in total. The zero-order valence-corrected chi connectivity index (χ0v) is 17.5. The number of hydrogen-bond acceptors (Lipinski definition) is 5. The number of amides is 2. The molecule has 7 nitrogen and oxygen atoms in total. The summed E-state index contributed by atoms with van der Waals surface area (Å²) in [5.41, 5.74) is 2.34. The Morgan fingerprint density at radius 3 is 2.29 bits per heavy atom. The van der Waals surface area contributed by atoms with Crippen molar-refractivity contribution in [1.29, 1.82) is 0 Å². The quantitative estimate of drug-likeness (QED) is 0.546. The fourth-order valence-electron chi connectivity index (χ4n) is 3.34. The van der Waals surface area contributed by atoms with Crippen molar-refractivity contribution in [2.24, 2.45) is 0 Å². The van der Waals surface area contributed by atoms with Crippen molar-refractivity contribution in [2.75, 3.05) is 7.11 Å². The van der Waals surface area contributed by atoms with Crippen LogP contribution in [0.5, 0.6) is 0 Å². The first-order chi connectivity index (χ1) is 15.0. The third-order valence-corrected chi connectivity index (χ3v) is 4.85. The second-order valence-electron chi connectivity index (χ2n) is 7.23. The van der Waals surface area contributed by atoms with Gasteiger partial charge >= 0.3 is 5.97 Å². The maximum Gasteiger partial charge on any atom is 0.328 e. The van der Waals surface area contributed by atoms with Gasteiger partial charge in [-0.1, -0.05) is 54.6 Å². The number of benzene rings is 2. The highest BCUT2D eigenvalue weighted by atomic mass is 16.5. The van der Waals surface area contributed by atoms with E-state index >= 15 is 0 Å². The minimum atomic E-state index is -0.932. The van der Waals surface area contributed by atoms with E-state index in [0.717, 1.165) is 16.5 Å². The van der Waals surface area contributed by atoms with Gasteiger partial charge in [0.25, 0.3) is 0 Å². The molecule has 2 amide bonds. The highest BCUT2D eigenvalue weighted by molar-refractivity contribution is 5.90. The Labute approximate surface area is 180 Å². The summed E-state index contributed by atoms with van der Waals surface area (Å²) in [7, 11) is 1.27. The minimum Gasteiger partial charge on any atom is -0.467 e. The zero-order valence-electron chi connectivity index (χ0n) is 17.5. The van der Waals surface area contributed by atoms with Crippen LogP contribution < -0.4 is 10.6 Å². The number of methoxy groups -OCH3 is 1. The van der Waals surface area contributed by atoms with E-state index < -0.39 is 24.0 Å². The van der Waals surface area contributed by atoms with E-state index in [-0.39, 0.29) is 12.3 Å². The number of aromatic nitrogens is 1. The van der Waals surface area contributed by atoms with Crippen molar-refractivity contribution in [3.63, 3.8) is 0 Å². The number of fused-ring (bicyclic) bond motifs is 1. The summed E-state index contributed by atoms with van der Waals surface area (Å²) in [6.07, 6.45) is 0.468. The Balaban J connectivity index is 1.77. The zero-order chi connectivity index (χ0) is 22.2. The molecule has 1 heterocycles. The Morgan fingerprint density at radius 1 is 0.871 bits per heavy atom. The summed E-state index contributed by atoms with van der Waals surface area (Å²) in [5.74, 6) is -1.37. The van der Waals surface area contributed by atoms with Crippen LogP contribution in [0.3, 0.4) is 0 Å². The monoisotopic (exact) mass is 419 g/mol. The number of pyridine rings is 1. The van der Waals surface area contributed by atoms with Gasteiger partial charge in [-0.05, 0) is 17.7 Å². The number of nitrogens with zero attached hydrogens (tertiary/aromatic N) is 1. The minimum absolute atomic E-state index is 0.168. The van der Waals surface area contributed by atoms with Crippen molar-refractivity contribution < 1.29 is 19.1 Å². The molecule has 0 saturated carbocycles. The number of hydrogen-bond donors (Lipinski definition) is 2. The van der Waals surface area contributed by atoms with Crippen LogP contribution in [-0.4, -0.2) is 42.0 Å². The lowest BCUT2D eigenvalue weighted by Crippen LogP contribution is -2.53. The standard InChI is InChI=1S/C24H25N3O4/c1-16(28)25-21(14-17-8-4-3-5-9-17)23(29)27-22(24(30)31-2)15-19-13-12-18-10-6-7-11-20(18)26-19/h3-13,21-22H,14-15H2,1-2H3,(H,25,28)(H,27,29)/t21-,22+/m1/s1. The Kier molecular flexibility index (Phi) is 7.32. The number of carbonyl (C=O) groups excluding carboxylic acids is 3. The van der Waals surface area contributed by atoms with Gasteiger partial charge in [0.15, 0.2) is 0 Å². The molecule has 0 aliphatic carbocycles. The maximum absolute atomic E-state index is 13.0. The van der Waals surface area contributed by atoms with Gasteiger partial charge in [0, 0.05) is 30.8 Å². The first-order valence-electron chi connectivity index (χ1n) is 10.00. The third kappa shape index (κ3) is 6.12. The largest absolute Gasteiger partial charge is 0.467 e. The van der Waals surface area contributed by atoms with Gasteiger partial charge in [-0.2, -0.15) is 0 Å². The van der Waals surface area contributed by atoms with E-state index in [1.807, 2.05) is 66.7 Å². The van der Waals surface area contributed by atoms with Crippen LogP contribution >= 0.6 is 0 Å². The van der Waals surface area contributed by atoms with Gasteiger partial charge < -0.3 is 15.4 Å². The lowest BCUT2D eigenvalue weighted by Gasteiger charge is -2.22. The molecule has 7 heteroatoms. The highest BCUT2D eigenvalue weighted by Crippen LogP contribution is 2.13. The maximum atomic E-state index is 13.0. The van der Waals surface area contributed by atoms with E-state index in [1.165, 1.54) is 14.0 Å². The number of carbonyl (C=O) groups is 3. The molecule has 31 heavy (non-hydrogen) atoms. The van der Waals surface area contributed by atoms with Crippen molar-refractivity contribution in [3.05, 3.63) is 78.0 Å². The average Bonchev–Trinajstić information content (AvgIpc) is 2.78. The first-order valence-corrected chi connectivity index (χ1v) is 10.00. The molecule has 0 aliphatic rings. The second-order valence-corrected chi connectivity index (χ2v) is 7.23. The summed E-state index contributed by atoms with van der Waals surface area (Å²) in [6.45, 7) is 1.35. The molecule has 0 bridgehead atoms. The van der Waals surface area contributed by atoms with E-state index in [1.54, 1.807) is 0 Å². The number of rotatable bonds is 8. The molecule has 3 aromatic rings. The van der Waals surface area contributed by atoms with Gasteiger partial charge in [-0.25, -0.2) is 4.79 Å². The SMILES string of the molecule is COC(=O)[C@H](Cc1ccc2ccccc2n1)NC(=O)[C@@H](Cc1ccccc1)NC(C)=O. The summed E-state index contributed by atoms with van der Waals surface area (Å²) >= 11 is 0. The molecule has 0 fully saturated rings. The van der Waals surface area contributed by atoms with Crippen LogP contribution in [0.1, 0.15) is 18.2 Å². The number of nitrogens with one attached hydrogen (secondary N) is 2. The molecular weight excluding hydrogens is 394 g/mol. The Bertz CT molecular complexity index is 1070. The molecule has 2 aromatic carbocycles. The predicted octanol–water partition coefficient (Wildman–Crippen LogP) is 2.18. The summed E-state index contributed by atoms with van der Waals surface area (Å²) in [5, 5.41) is 6.37. The topological polar surface area (TPSA) is 97.4 Å². The molecular formula is C24H25N3O4. The molecule has 0 aliphatic heterocycles. The van der Waals surface area contributed by atoms with Crippen LogP contribution in [0.2, 0.25) is 0 Å². The fourth-order valence-corrected chi connectivity index (χ4v) is 3.34. The van der Waals surface area contributed by atoms with Gasteiger partial charge in [-0.3, -0.25) is 14.6 Å². The number of ether oxygens (including phenoxy) is 1. The van der Waals surface area contributed by atoms with Crippen LogP contribution in [-0.2, 0) is 32.0 Å². The molecule has 0 saturated heterocycles. The van der Waals surface area contributed by atoms with Crippen LogP contribution in [0.4, 0.5) is 0 Å². The summed E-state index contributed by atoms with van der Waals surface area (Å²) in [6, 6.07) is 19.0. The van der Waals surface area contributed by atoms with Crippen LogP contribution in [0, 0.1) is 0 Å². The Hall–Kier alpha value is -3.74. The molecule has 3 rings (SSSR count). The molecule has 0 unspecified atom stereocenters. The Morgan fingerprint density at radius 2 is 1.58 bits per heavy atom. The van der Waals surface area contributed by atoms with Gasteiger partial charge in [0.05, 0.1) is 12.6 Å². The predicted molar refractivity (Wildman–Crippen MR) is 117 cm³/mol. The highest BCUT2D eigenvalue weighted by Gasteiger charge is 2.27. The summed E-state index contributed by atoms with van der Waals surface area (Å²) in [4.78, 5) is 41.5. The van der Waals surface area contributed by atoms with E-state index in [2.05, 4.69) is 15.6 Å². The molecule has 0 radical (unpaired) electrons. The van der Waals surface area contributed by atoms with E-state index in [9.17, 15) is 14.4 Å². The third-order valence-electron chi connectivity index (χ3n) is 4.85. The van der Waals surface area contributed by atoms with E-state index in [4.69, 9.17) is 4.74 Å². The molecule has 2 atom stereocenters. The molecule has 0 spiro atoms. The van der Waals surface area contributed by atoms with Gasteiger partial charge in [0.1, 0.15) is 12.1 Å². The normalized spacial score (nSPS) is 12.6. The first kappa shape index (κ1) is 22.0. The van der Waals surface area contributed by atoms with Crippen molar-refractivity contribution >= 4 is 28.7 Å². The number of esters is 1. The van der Waals surface area contributed by atoms with Crippen LogP contribution in [0.15, 0.2) is 66.7 Å². The van der Waals surface area contributed by atoms with Crippen molar-refractivity contribution in [2.45, 2.75) is 31.8 Å². The van der Waals surface area contributed by atoms with E-state index in [0.29, 0.717) is 12.1 Å². The van der Waals surface area contributed by atoms with Crippen molar-refractivity contribution in [3.8, 4) is 0 Å². The fraction of sp³-hybridized carbons (Fsp3) is 0.250. The number of para-hydroxylation sites is 1.